The maximum absolute atomic E-state index is 8.86. The molecule has 0 fully saturated rings. The van der Waals surface area contributed by atoms with Crippen LogP contribution in [-0.4, -0.2) is 35.6 Å². The van der Waals surface area contributed by atoms with Crippen LogP contribution < -0.4 is 0 Å². The molecule has 0 aliphatic carbocycles. The molecule has 0 aliphatic heterocycles. The van der Waals surface area contributed by atoms with Gasteiger partial charge in [0.05, 0.1) is 25.4 Å². The van der Waals surface area contributed by atoms with E-state index in [4.69, 9.17) is 14.9 Å². The van der Waals surface area contributed by atoms with Crippen molar-refractivity contribution in [2.45, 2.75) is 219 Å². The van der Waals surface area contributed by atoms with Crippen LogP contribution in [0.2, 0.25) is 0 Å². The van der Waals surface area contributed by atoms with Crippen LogP contribution >= 0.6 is 0 Å². The summed E-state index contributed by atoms with van der Waals surface area (Å²) < 4.78 is 7.02. The summed E-state index contributed by atoms with van der Waals surface area (Å²) in [5.74, 6) is 0. The van der Waals surface area contributed by atoms with Crippen LogP contribution in [0.3, 0.4) is 0 Å². The van der Waals surface area contributed by atoms with Crippen molar-refractivity contribution >= 4 is 0 Å². The average molecular weight is 607 g/mol. The summed E-state index contributed by atoms with van der Waals surface area (Å²) >= 11 is 0. The van der Waals surface area contributed by atoms with E-state index in [0.717, 1.165) is 12.8 Å². The smallest absolute Gasteiger partial charge is 0.0612 e. The molecule has 0 amide bonds. The van der Waals surface area contributed by atoms with Crippen LogP contribution in [0.15, 0.2) is 24.3 Å². The van der Waals surface area contributed by atoms with Gasteiger partial charge in [-0.2, -0.15) is 0 Å². The van der Waals surface area contributed by atoms with Gasteiger partial charge >= 0.3 is 0 Å². The Kier molecular flexibility index (Phi) is 37.0. The third-order valence-corrected chi connectivity index (χ3v) is 8.98. The van der Waals surface area contributed by atoms with E-state index < -0.39 is 0 Å². The van der Waals surface area contributed by atoms with E-state index in [2.05, 4.69) is 26.0 Å². The second kappa shape index (κ2) is 37.5. The van der Waals surface area contributed by atoms with Gasteiger partial charge in [0.15, 0.2) is 0 Å². The fraction of sp³-hybridized carbons (Fsp3) is 0.900. The Morgan fingerprint density at radius 2 is 0.651 bits per heavy atom. The zero-order valence-electron chi connectivity index (χ0n) is 29.4. The second-order valence-electron chi connectivity index (χ2n) is 13.2. The van der Waals surface area contributed by atoms with Crippen molar-refractivity contribution in [3.05, 3.63) is 24.3 Å². The Labute approximate surface area is 270 Å². The van der Waals surface area contributed by atoms with E-state index in [9.17, 15) is 0 Å². The molecular weight excluding hydrogens is 528 g/mol. The van der Waals surface area contributed by atoms with Gasteiger partial charge in [-0.15, -0.1) is 0 Å². The van der Waals surface area contributed by atoms with Crippen LogP contribution in [0.1, 0.15) is 206 Å². The fourth-order valence-electron chi connectivity index (χ4n) is 6.21. The molecule has 0 aliphatic rings. The molecular formula is C40H78O3. The molecule has 3 heteroatoms. The van der Waals surface area contributed by atoms with Crippen molar-refractivity contribution in [2.24, 2.45) is 0 Å². The van der Waals surface area contributed by atoms with E-state index in [1.165, 1.54) is 180 Å². The number of hydrogen-bond acceptors (Lipinski definition) is 3. The summed E-state index contributed by atoms with van der Waals surface area (Å²) in [5.41, 5.74) is 0. The largest absolute Gasteiger partial charge is 0.392 e. The number of unbranched alkanes of at least 4 members (excludes halogenated alkanes) is 22. The molecule has 2 N–H and O–H groups in total. The molecule has 0 spiro atoms. The van der Waals surface area contributed by atoms with Crippen molar-refractivity contribution < 1.29 is 14.9 Å². The number of aliphatic hydroxyl groups is 2. The number of ether oxygens (including phenoxy) is 1. The monoisotopic (exact) mass is 607 g/mol. The molecule has 0 saturated carbocycles. The third-order valence-electron chi connectivity index (χ3n) is 8.98. The Morgan fingerprint density at radius 1 is 0.372 bits per heavy atom. The lowest BCUT2D eigenvalue weighted by atomic mass is 9.99. The van der Waals surface area contributed by atoms with Gasteiger partial charge in [-0.25, -0.2) is 0 Å². The minimum absolute atomic E-state index is 0.174. The maximum Gasteiger partial charge on any atom is 0.0612 e. The molecule has 0 rings (SSSR count). The molecule has 0 radical (unpaired) electrons. The minimum atomic E-state index is 0.174. The van der Waals surface area contributed by atoms with Crippen molar-refractivity contribution in [2.75, 3.05) is 13.2 Å². The standard InChI is InChI=1S/C40H78O3/c1-3-5-7-9-21-27-33-39(35-29-23-17-13-11-15-19-25-31-37-41)43-40(34-28-22-10-8-6-4-2)36-30-24-18-14-12-16-20-26-32-38-42/h25-26,31-32,39-42H,3-24,27-30,33-38H2,1-2H3. The number of rotatable bonds is 36. The lowest BCUT2D eigenvalue weighted by molar-refractivity contribution is -0.0324. The van der Waals surface area contributed by atoms with Crippen LogP contribution in [0.5, 0.6) is 0 Å². The Hall–Kier alpha value is -0.640. The van der Waals surface area contributed by atoms with Crippen LogP contribution in [0.4, 0.5) is 0 Å². The Bertz CT molecular complexity index is 510. The predicted molar refractivity (Wildman–Crippen MR) is 191 cm³/mol. The lowest BCUT2D eigenvalue weighted by Crippen LogP contribution is -2.23. The van der Waals surface area contributed by atoms with Crippen molar-refractivity contribution in [3.63, 3.8) is 0 Å². The molecule has 2 unspecified atom stereocenters. The molecule has 256 valence electrons. The summed E-state index contributed by atoms with van der Waals surface area (Å²) in [4.78, 5) is 0. The number of allylic oxidation sites excluding steroid dienone is 2. The highest BCUT2D eigenvalue weighted by Crippen LogP contribution is 2.23. The summed E-state index contributed by atoms with van der Waals surface area (Å²) in [6, 6.07) is 0. The van der Waals surface area contributed by atoms with Gasteiger partial charge in [0.25, 0.3) is 0 Å². The van der Waals surface area contributed by atoms with Crippen LogP contribution in [0.25, 0.3) is 0 Å². The SMILES string of the molecule is CCCCCCCCC(CCCCCCCCC=CCO)OC(CCCCCCCC)CCCCCCCCC=CCO. The van der Waals surface area contributed by atoms with Gasteiger partial charge in [0, 0.05) is 0 Å². The first-order valence-electron chi connectivity index (χ1n) is 19.5. The third kappa shape index (κ3) is 34.1. The first-order chi connectivity index (χ1) is 21.3. The average Bonchev–Trinajstić information content (AvgIpc) is 3.01. The van der Waals surface area contributed by atoms with E-state index in [1.54, 1.807) is 0 Å². The Morgan fingerprint density at radius 3 is 0.953 bits per heavy atom. The van der Waals surface area contributed by atoms with Gasteiger partial charge in [-0.1, -0.05) is 179 Å². The minimum Gasteiger partial charge on any atom is -0.392 e. The van der Waals surface area contributed by atoms with Gasteiger partial charge < -0.3 is 14.9 Å². The second-order valence-corrected chi connectivity index (χ2v) is 13.2. The molecule has 0 bridgehead atoms. The molecule has 3 nitrogen and oxygen atoms in total. The summed E-state index contributed by atoms with van der Waals surface area (Å²) in [5, 5.41) is 17.7. The first kappa shape index (κ1) is 42.4. The number of aliphatic hydroxyl groups excluding tert-OH is 2. The summed E-state index contributed by atoms with van der Waals surface area (Å²) in [7, 11) is 0. The van der Waals surface area contributed by atoms with Gasteiger partial charge in [0.2, 0.25) is 0 Å². The van der Waals surface area contributed by atoms with Gasteiger partial charge in [0.1, 0.15) is 0 Å². The normalized spacial score (nSPS) is 13.5. The fourth-order valence-corrected chi connectivity index (χ4v) is 6.21. The van der Waals surface area contributed by atoms with Gasteiger partial charge in [-0.05, 0) is 51.4 Å². The van der Waals surface area contributed by atoms with Crippen molar-refractivity contribution in [1.82, 2.24) is 0 Å². The summed E-state index contributed by atoms with van der Waals surface area (Å²) in [6.45, 7) is 4.96. The molecule has 0 aromatic heterocycles. The highest BCUT2D eigenvalue weighted by atomic mass is 16.5. The predicted octanol–water partition coefficient (Wildman–Crippen LogP) is 12.6. The lowest BCUT2D eigenvalue weighted by Gasteiger charge is -2.26. The van der Waals surface area contributed by atoms with E-state index in [0.29, 0.717) is 12.2 Å². The molecule has 43 heavy (non-hydrogen) atoms. The quantitative estimate of drug-likeness (QED) is 0.0551. The molecule has 0 heterocycles. The topological polar surface area (TPSA) is 49.7 Å². The highest BCUT2D eigenvalue weighted by Gasteiger charge is 2.17. The maximum atomic E-state index is 8.86. The molecule has 0 aromatic carbocycles. The highest BCUT2D eigenvalue weighted by molar-refractivity contribution is 4.80. The summed E-state index contributed by atoms with van der Waals surface area (Å²) in [6.07, 6.45) is 48.5. The van der Waals surface area contributed by atoms with E-state index in [1.807, 2.05) is 12.2 Å². The molecule has 0 aromatic rings. The van der Waals surface area contributed by atoms with Crippen LogP contribution in [0, 0.1) is 0 Å². The Balaban J connectivity index is 4.63. The molecule has 2 atom stereocenters. The van der Waals surface area contributed by atoms with E-state index >= 15 is 0 Å². The number of hydrogen-bond donors (Lipinski definition) is 2. The first-order valence-corrected chi connectivity index (χ1v) is 19.5. The van der Waals surface area contributed by atoms with Crippen molar-refractivity contribution in [3.8, 4) is 0 Å². The molecule has 0 saturated heterocycles. The van der Waals surface area contributed by atoms with E-state index in [-0.39, 0.29) is 13.2 Å². The zero-order chi connectivity index (χ0) is 31.3. The zero-order valence-corrected chi connectivity index (χ0v) is 29.4. The van der Waals surface area contributed by atoms with Gasteiger partial charge in [-0.3, -0.25) is 0 Å². The van der Waals surface area contributed by atoms with Crippen molar-refractivity contribution in [1.29, 1.82) is 0 Å². The van der Waals surface area contributed by atoms with Crippen LogP contribution in [-0.2, 0) is 4.74 Å².